The maximum atomic E-state index is 13.6. The molecule has 8 nitrogen and oxygen atoms in total. The van der Waals surface area contributed by atoms with Gasteiger partial charge in [0, 0.05) is 64.4 Å². The van der Waals surface area contributed by atoms with Crippen LogP contribution in [0.1, 0.15) is 33.7 Å². The Morgan fingerprint density at radius 3 is 2.49 bits per heavy atom. The van der Waals surface area contributed by atoms with Gasteiger partial charge in [0.05, 0.1) is 33.0 Å². The number of aromatic hydroxyl groups is 1. The van der Waals surface area contributed by atoms with Gasteiger partial charge in [-0.3, -0.25) is 0 Å². The molecule has 0 saturated carbocycles. The number of esters is 1. The molecule has 0 spiro atoms. The van der Waals surface area contributed by atoms with Crippen LogP contribution < -0.4 is 18.9 Å². The quantitative estimate of drug-likeness (QED) is 0.162. The van der Waals surface area contributed by atoms with Crippen molar-refractivity contribution in [2.45, 2.75) is 12.5 Å². The van der Waals surface area contributed by atoms with E-state index < -0.39 is 11.9 Å². The number of carbonyl (C=O) groups is 1. The fraction of sp³-hybridized carbons (Fsp3) is 0.206. The molecular formula is C34H30O8Pr. The molecule has 1 radical (unpaired) electrons. The Hall–Kier alpha value is -3.59. The van der Waals surface area contributed by atoms with Crippen molar-refractivity contribution in [2.75, 3.05) is 34.2 Å². The van der Waals surface area contributed by atoms with Gasteiger partial charge in [-0.15, -0.1) is 0 Å². The van der Waals surface area contributed by atoms with Gasteiger partial charge in [-0.25, -0.2) is 4.79 Å². The number of carbonyl (C=O) groups excluding carboxylic acids is 1. The number of phenols is 1. The van der Waals surface area contributed by atoms with Crippen LogP contribution in [0.3, 0.4) is 0 Å². The third-order valence-corrected chi connectivity index (χ3v) is 7.37. The average Bonchev–Trinajstić information content (AvgIpc) is 3.62. The number of methoxy groups -OCH3 is 2. The summed E-state index contributed by atoms with van der Waals surface area (Å²) in [4.78, 5) is 13.6. The minimum atomic E-state index is -0.490. The van der Waals surface area contributed by atoms with E-state index >= 15 is 0 Å². The van der Waals surface area contributed by atoms with Gasteiger partial charge in [0.2, 0.25) is 6.79 Å². The molecule has 0 aromatic heterocycles. The second kappa shape index (κ2) is 13.8. The van der Waals surface area contributed by atoms with Crippen LogP contribution in [-0.4, -0.2) is 45.3 Å². The van der Waals surface area contributed by atoms with Crippen molar-refractivity contribution >= 4 is 11.5 Å². The number of hydrogen-bond donors (Lipinski definition) is 1. The molecule has 1 heterocycles. The molecule has 1 unspecified atom stereocenters. The average molecular weight is 708 g/mol. The van der Waals surface area contributed by atoms with Gasteiger partial charge < -0.3 is 33.5 Å². The van der Waals surface area contributed by atoms with Crippen LogP contribution >= 0.6 is 0 Å². The summed E-state index contributed by atoms with van der Waals surface area (Å²) in [5.74, 6) is 1.46. The molecule has 1 atom stereocenters. The maximum Gasteiger partial charge on any atom is 0.335 e. The normalized spacial score (nSPS) is 14.6. The second-order valence-corrected chi connectivity index (χ2v) is 9.85. The minimum Gasteiger partial charge on any atom is -0.508 e. The van der Waals surface area contributed by atoms with Gasteiger partial charge >= 0.3 is 5.97 Å². The SMILES string of the molecule is COC(=O)C1=C(c2ccc(OC)cc2OCCOCc2ccccc2)c2cc(O)ccc2C1c1ccc2c(c1)OCO2.[Pr]. The molecule has 0 fully saturated rings. The van der Waals surface area contributed by atoms with Gasteiger partial charge in [-0.1, -0.05) is 42.5 Å². The molecule has 1 N–H and O–H groups in total. The van der Waals surface area contributed by atoms with Gasteiger partial charge in [0.1, 0.15) is 23.9 Å². The topological polar surface area (TPSA) is 92.7 Å². The maximum absolute atomic E-state index is 13.6. The molecule has 6 rings (SSSR count). The van der Waals surface area contributed by atoms with Crippen molar-refractivity contribution < 1.29 is 79.6 Å². The summed E-state index contributed by atoms with van der Waals surface area (Å²) in [5.41, 5.74) is 5.14. The molecule has 1 aliphatic carbocycles. The Balaban J connectivity index is 0.00000368. The molecule has 2 aliphatic rings. The summed E-state index contributed by atoms with van der Waals surface area (Å²) in [7, 11) is 2.94. The van der Waals surface area contributed by atoms with Crippen LogP contribution in [0, 0.1) is 41.3 Å². The summed E-state index contributed by atoms with van der Waals surface area (Å²) >= 11 is 0. The Bertz CT molecular complexity index is 1650. The first-order chi connectivity index (χ1) is 20.6. The fourth-order valence-electron chi connectivity index (χ4n) is 5.45. The summed E-state index contributed by atoms with van der Waals surface area (Å²) in [6.07, 6.45) is 0. The molecule has 217 valence electrons. The molecule has 43 heavy (non-hydrogen) atoms. The van der Waals surface area contributed by atoms with E-state index in [0.717, 1.165) is 16.7 Å². The Kier molecular flexibility index (Phi) is 9.91. The Labute approximate surface area is 283 Å². The van der Waals surface area contributed by atoms with Crippen molar-refractivity contribution in [3.63, 3.8) is 0 Å². The van der Waals surface area contributed by atoms with Crippen molar-refractivity contribution in [2.24, 2.45) is 0 Å². The second-order valence-electron chi connectivity index (χ2n) is 9.85. The number of hydrogen-bond acceptors (Lipinski definition) is 8. The van der Waals surface area contributed by atoms with E-state index in [4.69, 9.17) is 28.4 Å². The zero-order chi connectivity index (χ0) is 29.1. The zero-order valence-electron chi connectivity index (χ0n) is 23.9. The van der Waals surface area contributed by atoms with Gasteiger partial charge in [0.15, 0.2) is 11.5 Å². The smallest absolute Gasteiger partial charge is 0.335 e. The van der Waals surface area contributed by atoms with E-state index in [1.54, 1.807) is 25.3 Å². The first kappa shape index (κ1) is 30.9. The van der Waals surface area contributed by atoms with Gasteiger partial charge in [-0.05, 0) is 58.7 Å². The molecule has 1 aliphatic heterocycles. The number of benzene rings is 4. The molecule has 0 saturated heterocycles. The molecule has 4 aromatic carbocycles. The molecule has 0 bridgehead atoms. The first-order valence-corrected chi connectivity index (χ1v) is 13.6. The van der Waals surface area contributed by atoms with Crippen molar-refractivity contribution in [1.82, 2.24) is 0 Å². The first-order valence-electron chi connectivity index (χ1n) is 13.6. The number of fused-ring (bicyclic) bond motifs is 2. The zero-order valence-corrected chi connectivity index (χ0v) is 27.6. The number of phenolic OH excluding ortho intramolecular Hbond substituents is 1. The number of ether oxygens (including phenoxy) is 6. The van der Waals surface area contributed by atoms with Gasteiger partial charge in [-0.2, -0.15) is 0 Å². The Morgan fingerprint density at radius 2 is 1.70 bits per heavy atom. The molecule has 0 amide bonds. The predicted octanol–water partition coefficient (Wildman–Crippen LogP) is 5.85. The van der Waals surface area contributed by atoms with E-state index in [0.29, 0.717) is 58.5 Å². The van der Waals surface area contributed by atoms with Crippen molar-refractivity contribution in [3.8, 4) is 28.7 Å². The Morgan fingerprint density at radius 1 is 0.884 bits per heavy atom. The van der Waals surface area contributed by atoms with Crippen LogP contribution in [0.5, 0.6) is 28.7 Å². The van der Waals surface area contributed by atoms with E-state index in [-0.39, 0.29) is 60.4 Å². The van der Waals surface area contributed by atoms with Gasteiger partial charge in [0.25, 0.3) is 0 Å². The molecule has 4 aromatic rings. The largest absolute Gasteiger partial charge is 0.508 e. The van der Waals surface area contributed by atoms with Crippen LogP contribution in [0.25, 0.3) is 5.57 Å². The predicted molar refractivity (Wildman–Crippen MR) is 155 cm³/mol. The third kappa shape index (κ3) is 6.37. The van der Waals surface area contributed by atoms with E-state index in [1.807, 2.05) is 66.7 Å². The van der Waals surface area contributed by atoms with Crippen molar-refractivity contribution in [1.29, 1.82) is 0 Å². The van der Waals surface area contributed by atoms with E-state index in [2.05, 4.69) is 0 Å². The van der Waals surface area contributed by atoms with Crippen LogP contribution in [0.2, 0.25) is 0 Å². The molecular weight excluding hydrogens is 677 g/mol. The van der Waals surface area contributed by atoms with Crippen molar-refractivity contribution in [3.05, 3.63) is 118 Å². The fourth-order valence-corrected chi connectivity index (χ4v) is 5.45. The summed E-state index contributed by atoms with van der Waals surface area (Å²) in [6.45, 7) is 1.23. The standard InChI is InChI=1S/C34H30O8.Pr/c1-37-24-10-12-26(29(18-24)40-15-14-39-19-21-6-4-3-5-7-21)32-27-17-23(35)9-11-25(27)31(33(32)34(36)38-2)22-8-13-28-30(16-22)42-20-41-28;/h3-13,16-18,31,35H,14-15,19-20H2,1-2H3;. The van der Waals surface area contributed by atoms with Crippen LogP contribution in [0.15, 0.2) is 90.5 Å². The third-order valence-electron chi connectivity index (χ3n) is 7.37. The minimum absolute atomic E-state index is 0. The number of rotatable bonds is 10. The van der Waals surface area contributed by atoms with E-state index in [9.17, 15) is 9.90 Å². The molecule has 9 heteroatoms. The van der Waals surface area contributed by atoms with Crippen LogP contribution in [-0.2, 0) is 20.9 Å². The van der Waals surface area contributed by atoms with Crippen LogP contribution in [0.4, 0.5) is 0 Å². The van der Waals surface area contributed by atoms with E-state index in [1.165, 1.54) is 7.11 Å². The summed E-state index contributed by atoms with van der Waals surface area (Å²) < 4.78 is 34.0. The summed E-state index contributed by atoms with van der Waals surface area (Å²) in [6, 6.07) is 26.1. The summed E-state index contributed by atoms with van der Waals surface area (Å²) in [5, 5.41) is 10.5. The monoisotopic (exact) mass is 707 g/mol.